The van der Waals surface area contributed by atoms with Crippen molar-refractivity contribution in [2.75, 3.05) is 0 Å². The number of halogens is 20. The zero-order valence-corrected chi connectivity index (χ0v) is 31.0. The molecule has 0 aliphatic rings. The third kappa shape index (κ3) is 7.05. The van der Waals surface area contributed by atoms with Crippen molar-refractivity contribution in [3.8, 4) is 11.5 Å². The average Bonchev–Trinajstić information content (AvgIpc) is 3.23. The van der Waals surface area contributed by atoms with E-state index in [1.165, 1.54) is 22.3 Å². The van der Waals surface area contributed by atoms with Crippen molar-refractivity contribution in [1.29, 1.82) is 0 Å². The highest BCUT2D eigenvalue weighted by Crippen LogP contribution is 2.35. The van der Waals surface area contributed by atoms with Gasteiger partial charge in [-0.1, -0.05) is 36.4 Å². The first-order valence-electron chi connectivity index (χ1n) is 16.9. The van der Waals surface area contributed by atoms with Gasteiger partial charge in [-0.2, -0.15) is 0 Å². The number of rotatable bonds is 6. The van der Waals surface area contributed by atoms with Crippen molar-refractivity contribution in [3.63, 3.8) is 0 Å². The predicted octanol–water partition coefficient (Wildman–Crippen LogP) is 10.4. The molecule has 0 aliphatic heterocycles. The number of aryl methyl sites for hydroxylation is 4. The van der Waals surface area contributed by atoms with Gasteiger partial charge in [0.2, 0.25) is 0 Å². The highest BCUT2D eigenvalue weighted by Gasteiger charge is 2.52. The van der Waals surface area contributed by atoms with E-state index in [1.807, 2.05) is 0 Å². The third-order valence-corrected chi connectivity index (χ3v) is 9.81. The first kappa shape index (κ1) is 46.8. The molecular formula is C40H19BF20O. The van der Waals surface area contributed by atoms with Crippen LogP contribution in [0.5, 0.6) is 11.5 Å². The first-order valence-corrected chi connectivity index (χ1v) is 16.9. The topological polar surface area (TPSA) is 12.8 Å². The molecule has 22 heteroatoms. The Morgan fingerprint density at radius 2 is 0.403 bits per heavy atom. The van der Waals surface area contributed by atoms with Crippen LogP contribution in [0.25, 0.3) is 0 Å². The number of benzene rings is 6. The minimum absolute atomic E-state index is 1.10. The molecule has 0 fully saturated rings. The fourth-order valence-electron chi connectivity index (χ4n) is 6.95. The summed E-state index contributed by atoms with van der Waals surface area (Å²) in [5.41, 5.74) is -9.41. The predicted molar refractivity (Wildman–Crippen MR) is 182 cm³/mol. The van der Waals surface area contributed by atoms with E-state index in [4.69, 9.17) is 4.74 Å². The first-order chi connectivity index (χ1) is 28.8. The highest BCUT2D eigenvalue weighted by atomic mass is 19.2. The van der Waals surface area contributed by atoms with E-state index in [9.17, 15) is 52.7 Å². The Bertz CT molecular complexity index is 2350. The molecule has 0 amide bonds. The lowest BCUT2D eigenvalue weighted by Crippen LogP contribution is -2.81. The number of hydrogen-bond acceptors (Lipinski definition) is 0. The summed E-state index contributed by atoms with van der Waals surface area (Å²) in [6.07, 6.45) is -7.22. The van der Waals surface area contributed by atoms with E-state index >= 15 is 35.1 Å². The molecule has 0 heterocycles. The van der Waals surface area contributed by atoms with Crippen molar-refractivity contribution in [2.24, 2.45) is 0 Å². The van der Waals surface area contributed by atoms with Gasteiger partial charge in [0.1, 0.15) is 52.7 Å². The normalized spacial score (nSPS) is 11.5. The molecule has 0 saturated heterocycles. The molecule has 0 spiro atoms. The van der Waals surface area contributed by atoms with Gasteiger partial charge in [-0.25, -0.2) is 87.8 Å². The fraction of sp³-hybridized carbons (Fsp3) is 0.100. The largest absolute Gasteiger partial charge is 0.545 e. The van der Waals surface area contributed by atoms with Gasteiger partial charge in [-0.3, -0.25) is 0 Å². The van der Waals surface area contributed by atoms with E-state index < -0.39 is 144 Å². The molecule has 1 nitrogen and oxygen atoms in total. The lowest BCUT2D eigenvalue weighted by molar-refractivity contribution is 0.191. The van der Waals surface area contributed by atoms with Crippen molar-refractivity contribution >= 4 is 28.0 Å². The summed E-state index contributed by atoms with van der Waals surface area (Å²) < 4.78 is 299. The van der Waals surface area contributed by atoms with Gasteiger partial charge in [0.05, 0.1) is 0 Å². The molecule has 0 bridgehead atoms. The van der Waals surface area contributed by atoms with Gasteiger partial charge in [-0.05, 0) is 27.7 Å². The maximum Gasteiger partial charge on any atom is 0.266 e. The summed E-state index contributed by atoms with van der Waals surface area (Å²) in [7, 11) is 0. The van der Waals surface area contributed by atoms with Crippen LogP contribution in [0, 0.1) is 144 Å². The zero-order valence-electron chi connectivity index (χ0n) is 31.0. The lowest BCUT2D eigenvalue weighted by Gasteiger charge is -2.44. The number of hydrogen-bond donors (Lipinski definition) is 0. The van der Waals surface area contributed by atoms with Crippen LogP contribution in [-0.4, -0.2) is 10.9 Å². The lowest BCUT2D eigenvalue weighted by atomic mass is 9.12. The summed E-state index contributed by atoms with van der Waals surface area (Å²) in [6.45, 7) is 8.44. The quantitative estimate of drug-likeness (QED) is 0.0519. The Morgan fingerprint density at radius 1 is 0.258 bits per heavy atom. The Morgan fingerprint density at radius 3 is 0.565 bits per heavy atom. The second-order valence-electron chi connectivity index (χ2n) is 13.4. The van der Waals surface area contributed by atoms with Crippen LogP contribution in [0.2, 0.25) is 0 Å². The van der Waals surface area contributed by atoms with E-state index in [0.717, 1.165) is 11.5 Å². The minimum atomic E-state index is -7.22. The summed E-state index contributed by atoms with van der Waals surface area (Å²) in [5, 5.41) is 0. The Hall–Kier alpha value is -6.22. The summed E-state index contributed by atoms with van der Waals surface area (Å²) in [5.74, 6) is -69.2. The maximum atomic E-state index is 15.4. The molecule has 0 saturated carbocycles. The summed E-state index contributed by atoms with van der Waals surface area (Å²) >= 11 is 0. The van der Waals surface area contributed by atoms with Crippen LogP contribution in [0.3, 0.4) is 0 Å². The molecular weight excluding hydrogens is 887 g/mol. The van der Waals surface area contributed by atoms with Gasteiger partial charge in [0, 0.05) is 22.3 Å². The Balaban J connectivity index is 0.000000355. The molecule has 1 N–H and O–H groups in total. The molecule has 0 radical (unpaired) electrons. The van der Waals surface area contributed by atoms with E-state index in [0.29, 0.717) is 0 Å². The van der Waals surface area contributed by atoms with Crippen LogP contribution in [-0.2, 0) is 0 Å². The Labute approximate surface area is 334 Å². The fourth-order valence-corrected chi connectivity index (χ4v) is 6.95. The average molecular weight is 906 g/mol. The summed E-state index contributed by atoms with van der Waals surface area (Å²) in [6, 6.07) is 12.6. The van der Waals surface area contributed by atoms with Crippen LogP contribution >= 0.6 is 0 Å². The molecule has 0 unspecified atom stereocenters. The number of aromatic hydroxyl groups is 2. The van der Waals surface area contributed by atoms with Crippen LogP contribution < -0.4 is 21.9 Å². The van der Waals surface area contributed by atoms with Crippen molar-refractivity contribution in [3.05, 3.63) is 175 Å². The van der Waals surface area contributed by atoms with Gasteiger partial charge in [-0.15, -0.1) is 21.9 Å². The molecule has 6 aromatic carbocycles. The molecule has 6 aromatic rings. The molecule has 328 valence electrons. The monoisotopic (exact) mass is 906 g/mol. The molecule has 6 rings (SSSR count). The minimum Gasteiger partial charge on any atom is -0.545 e. The third-order valence-electron chi connectivity index (χ3n) is 9.81. The van der Waals surface area contributed by atoms with Crippen LogP contribution in [0.15, 0.2) is 36.4 Å². The second-order valence-corrected chi connectivity index (χ2v) is 13.4. The maximum absolute atomic E-state index is 15.4. The molecule has 0 aliphatic carbocycles. The van der Waals surface area contributed by atoms with E-state index in [1.54, 1.807) is 0 Å². The smallest absolute Gasteiger partial charge is 0.266 e. The molecule has 0 aromatic heterocycles. The number of ether oxygens (including phenoxy) is 1. The second kappa shape index (κ2) is 16.9. The Kier molecular flexibility index (Phi) is 12.8. The zero-order chi connectivity index (χ0) is 46.8. The van der Waals surface area contributed by atoms with Gasteiger partial charge >= 0.3 is 0 Å². The molecule has 62 heavy (non-hydrogen) atoms. The van der Waals surface area contributed by atoms with Crippen LogP contribution in [0.1, 0.15) is 22.3 Å². The van der Waals surface area contributed by atoms with E-state index in [2.05, 4.69) is 64.1 Å². The van der Waals surface area contributed by atoms with Gasteiger partial charge in [0.15, 0.2) is 69.8 Å². The van der Waals surface area contributed by atoms with Crippen molar-refractivity contribution in [2.45, 2.75) is 27.7 Å². The van der Waals surface area contributed by atoms with Crippen LogP contribution in [0.4, 0.5) is 87.8 Å². The standard InChI is InChI=1S/C24BF20.C16H18O/c26-5-1(6(27)14(35)21(42)13(5)34)25(2-7(28)15(36)22(43)16(37)8(2)29,3-9(30)17(38)23(44)18(39)10(3)31)4-11(32)19(40)24(45)20(41)12(4)33;1-11-7-5-8-12(2)15(11)17-16-13(3)9-6-10-14(16)4/h;5-10H,1-4H3/q-1;/p+1. The van der Waals surface area contributed by atoms with E-state index in [-0.39, 0.29) is 0 Å². The van der Waals surface area contributed by atoms with Crippen molar-refractivity contribution in [1.82, 2.24) is 0 Å². The van der Waals surface area contributed by atoms with Gasteiger partial charge < -0.3 is 4.74 Å². The SMILES string of the molecule is Cc1cccc(C)c1[OH+]c1c(C)cccc1C.Fc1c(F)c(F)c([B-](c2c(F)c(F)c(F)c(F)c2F)(c2c(F)c(F)c(F)c(F)c2F)c2c(F)c(F)c(F)c(F)c2F)c(F)c1F. The highest BCUT2D eigenvalue weighted by molar-refractivity contribution is 7.20. The van der Waals surface area contributed by atoms with Gasteiger partial charge in [0.25, 0.3) is 11.5 Å². The summed E-state index contributed by atoms with van der Waals surface area (Å²) in [4.78, 5) is 0. The molecule has 0 atom stereocenters. The number of para-hydroxylation sites is 2. The van der Waals surface area contributed by atoms with Crippen molar-refractivity contribution < 1.29 is 92.5 Å².